The summed E-state index contributed by atoms with van der Waals surface area (Å²) in [7, 11) is -3.24. The van der Waals surface area contributed by atoms with Crippen molar-refractivity contribution in [1.82, 2.24) is 5.32 Å². The van der Waals surface area contributed by atoms with Gasteiger partial charge < -0.3 is 5.32 Å². The van der Waals surface area contributed by atoms with Crippen LogP contribution in [0, 0.1) is 0 Å². The van der Waals surface area contributed by atoms with E-state index in [4.69, 9.17) is 0 Å². The molecule has 0 spiro atoms. The Morgan fingerprint density at radius 1 is 1.10 bits per heavy atom. The van der Waals surface area contributed by atoms with Gasteiger partial charge in [0.15, 0.2) is 0 Å². The molecule has 1 aliphatic rings. The Hall–Kier alpha value is -1.07. The Kier molecular flexibility index (Phi) is 6.06. The summed E-state index contributed by atoms with van der Waals surface area (Å²) in [6, 6.07) is 7.65. The summed E-state index contributed by atoms with van der Waals surface area (Å²) in [5.41, 5.74) is 1.84. The minimum Gasteiger partial charge on any atom is -0.313 e. The van der Waals surface area contributed by atoms with Gasteiger partial charge in [-0.15, -0.1) is 0 Å². The van der Waals surface area contributed by atoms with Crippen molar-refractivity contribution < 1.29 is 8.42 Å². The molecule has 1 aromatic carbocycles. The van der Waals surface area contributed by atoms with Crippen molar-refractivity contribution in [3.05, 3.63) is 29.8 Å². The van der Waals surface area contributed by atoms with Crippen LogP contribution in [0.25, 0.3) is 0 Å². The Morgan fingerprint density at radius 3 is 2.38 bits per heavy atom. The molecule has 0 aliphatic heterocycles. The number of rotatable bonds is 7. The molecule has 2 rings (SSSR count). The van der Waals surface area contributed by atoms with E-state index in [1.54, 1.807) is 0 Å². The number of anilines is 1. The van der Waals surface area contributed by atoms with Crippen molar-refractivity contribution in [2.75, 3.05) is 11.3 Å². The van der Waals surface area contributed by atoms with Crippen LogP contribution in [0.1, 0.15) is 51.0 Å². The molecule has 0 heterocycles. The molecule has 2 N–H and O–H groups in total. The molecule has 21 heavy (non-hydrogen) atoms. The van der Waals surface area contributed by atoms with Gasteiger partial charge in [0.1, 0.15) is 0 Å². The van der Waals surface area contributed by atoms with Crippen LogP contribution < -0.4 is 10.0 Å². The van der Waals surface area contributed by atoms with Crippen molar-refractivity contribution in [2.45, 2.75) is 57.2 Å². The van der Waals surface area contributed by atoms with E-state index in [1.807, 2.05) is 24.3 Å². The van der Waals surface area contributed by atoms with Crippen molar-refractivity contribution in [3.8, 4) is 0 Å². The molecule has 118 valence electrons. The largest absolute Gasteiger partial charge is 0.313 e. The first-order chi connectivity index (χ1) is 10.1. The normalized spacial score (nSPS) is 16.8. The number of nitrogens with one attached hydrogen (secondary N) is 2. The minimum atomic E-state index is -3.24. The van der Waals surface area contributed by atoms with Gasteiger partial charge in [-0.05, 0) is 43.5 Å². The van der Waals surface area contributed by atoms with Crippen LogP contribution in [0.2, 0.25) is 0 Å². The van der Waals surface area contributed by atoms with Crippen molar-refractivity contribution in [2.24, 2.45) is 0 Å². The summed E-state index contributed by atoms with van der Waals surface area (Å²) >= 11 is 0. The molecular weight excluding hydrogens is 284 g/mol. The smallest absolute Gasteiger partial charge is 0.235 e. The van der Waals surface area contributed by atoms with Crippen molar-refractivity contribution in [3.63, 3.8) is 0 Å². The Labute approximate surface area is 128 Å². The lowest BCUT2D eigenvalue weighted by molar-refractivity contribution is 0.486. The fourth-order valence-electron chi connectivity index (χ4n) is 2.72. The average molecular weight is 310 g/mol. The van der Waals surface area contributed by atoms with Gasteiger partial charge in [-0.3, -0.25) is 4.72 Å². The quantitative estimate of drug-likeness (QED) is 0.760. The van der Waals surface area contributed by atoms with Crippen LogP contribution in [0.15, 0.2) is 24.3 Å². The molecule has 0 saturated heterocycles. The third-order valence-corrected chi connectivity index (χ3v) is 5.83. The summed E-state index contributed by atoms with van der Waals surface area (Å²) in [5, 5.41) is 3.11. The summed E-state index contributed by atoms with van der Waals surface area (Å²) in [6.07, 6.45) is 5.88. The van der Waals surface area contributed by atoms with Crippen molar-refractivity contribution in [1.29, 1.82) is 0 Å². The molecule has 1 aromatic rings. The van der Waals surface area contributed by atoms with Gasteiger partial charge in [-0.1, -0.05) is 38.3 Å². The van der Waals surface area contributed by atoms with E-state index in [-0.39, 0.29) is 5.25 Å². The van der Waals surface area contributed by atoms with Gasteiger partial charge in [0.25, 0.3) is 0 Å². The maximum atomic E-state index is 12.3. The molecule has 5 heteroatoms. The predicted molar refractivity (Wildman–Crippen MR) is 87.9 cm³/mol. The molecular formula is C16H26N2O2S. The number of hydrogen-bond acceptors (Lipinski definition) is 3. The van der Waals surface area contributed by atoms with Gasteiger partial charge in [0, 0.05) is 12.2 Å². The van der Waals surface area contributed by atoms with Gasteiger partial charge in [0.2, 0.25) is 10.0 Å². The maximum absolute atomic E-state index is 12.3. The van der Waals surface area contributed by atoms with Gasteiger partial charge >= 0.3 is 0 Å². The standard InChI is InChI=1S/C16H26N2O2S/c1-2-12-17-13-14-8-10-15(11-9-14)18-21(19,20)16-6-4-3-5-7-16/h8-11,16-18H,2-7,12-13H2,1H3. The van der Waals surface area contributed by atoms with E-state index in [1.165, 1.54) is 5.56 Å². The molecule has 0 aromatic heterocycles. The fourth-order valence-corrected chi connectivity index (χ4v) is 4.31. The zero-order chi connectivity index (χ0) is 15.1. The Bertz CT molecular complexity index is 520. The molecule has 1 aliphatic carbocycles. The van der Waals surface area contributed by atoms with Crippen LogP contribution in [-0.4, -0.2) is 20.2 Å². The molecule has 0 radical (unpaired) electrons. The highest BCUT2D eigenvalue weighted by Crippen LogP contribution is 2.25. The number of benzene rings is 1. The molecule has 4 nitrogen and oxygen atoms in total. The topological polar surface area (TPSA) is 58.2 Å². The first kappa shape index (κ1) is 16.3. The van der Waals surface area contributed by atoms with Crippen LogP contribution >= 0.6 is 0 Å². The second-order valence-electron chi connectivity index (χ2n) is 5.78. The molecule has 0 unspecified atom stereocenters. The zero-order valence-electron chi connectivity index (χ0n) is 12.8. The summed E-state index contributed by atoms with van der Waals surface area (Å²) in [4.78, 5) is 0. The van der Waals surface area contributed by atoms with Gasteiger partial charge in [-0.2, -0.15) is 0 Å². The lowest BCUT2D eigenvalue weighted by Crippen LogP contribution is -2.29. The molecule has 1 fully saturated rings. The first-order valence-corrected chi connectivity index (χ1v) is 9.48. The van der Waals surface area contributed by atoms with E-state index in [0.29, 0.717) is 5.69 Å². The SMILES string of the molecule is CCCNCc1ccc(NS(=O)(=O)C2CCCCC2)cc1. The van der Waals surface area contributed by atoms with E-state index in [9.17, 15) is 8.42 Å². The maximum Gasteiger partial charge on any atom is 0.235 e. The molecule has 0 atom stereocenters. The fraction of sp³-hybridized carbons (Fsp3) is 0.625. The van der Waals surface area contributed by atoms with Crippen LogP contribution in [-0.2, 0) is 16.6 Å². The lowest BCUT2D eigenvalue weighted by Gasteiger charge is -2.22. The van der Waals surface area contributed by atoms with Crippen LogP contribution in [0.5, 0.6) is 0 Å². The second-order valence-corrected chi connectivity index (χ2v) is 7.74. The van der Waals surface area contributed by atoms with Crippen LogP contribution in [0.3, 0.4) is 0 Å². The highest BCUT2D eigenvalue weighted by Gasteiger charge is 2.26. The highest BCUT2D eigenvalue weighted by atomic mass is 32.2. The van der Waals surface area contributed by atoms with Crippen LogP contribution in [0.4, 0.5) is 5.69 Å². The summed E-state index contributed by atoms with van der Waals surface area (Å²) < 4.78 is 27.4. The molecule has 0 amide bonds. The third kappa shape index (κ3) is 5.00. The Morgan fingerprint density at radius 2 is 1.76 bits per heavy atom. The van der Waals surface area contributed by atoms with Crippen molar-refractivity contribution >= 4 is 15.7 Å². The molecule has 0 bridgehead atoms. The van der Waals surface area contributed by atoms with Gasteiger partial charge in [0.05, 0.1) is 5.25 Å². The highest BCUT2D eigenvalue weighted by molar-refractivity contribution is 7.93. The third-order valence-electron chi connectivity index (χ3n) is 3.96. The number of hydrogen-bond donors (Lipinski definition) is 2. The second kappa shape index (κ2) is 7.80. The first-order valence-electron chi connectivity index (χ1n) is 7.93. The lowest BCUT2D eigenvalue weighted by atomic mass is 10.0. The average Bonchev–Trinajstić information content (AvgIpc) is 2.50. The van der Waals surface area contributed by atoms with E-state index >= 15 is 0 Å². The minimum absolute atomic E-state index is 0.225. The van der Waals surface area contributed by atoms with E-state index in [0.717, 1.165) is 51.6 Å². The zero-order valence-corrected chi connectivity index (χ0v) is 13.6. The Balaban J connectivity index is 1.92. The monoisotopic (exact) mass is 310 g/mol. The van der Waals surface area contributed by atoms with E-state index in [2.05, 4.69) is 17.0 Å². The summed E-state index contributed by atoms with van der Waals surface area (Å²) in [6.45, 7) is 3.95. The molecule has 1 saturated carbocycles. The predicted octanol–water partition coefficient (Wildman–Crippen LogP) is 3.26. The van der Waals surface area contributed by atoms with E-state index < -0.39 is 10.0 Å². The number of sulfonamides is 1. The summed E-state index contributed by atoms with van der Waals surface area (Å²) in [5.74, 6) is 0. The van der Waals surface area contributed by atoms with Gasteiger partial charge in [-0.25, -0.2) is 8.42 Å².